The van der Waals surface area contributed by atoms with Crippen molar-refractivity contribution >= 4 is 17.3 Å². The van der Waals surface area contributed by atoms with Crippen molar-refractivity contribution < 1.29 is 18.8 Å². The van der Waals surface area contributed by atoms with Crippen molar-refractivity contribution in [2.75, 3.05) is 11.1 Å². The lowest BCUT2D eigenvalue weighted by molar-refractivity contribution is 0.0692. The van der Waals surface area contributed by atoms with E-state index in [1.54, 1.807) is 6.07 Å². The minimum absolute atomic E-state index is 0.147. The summed E-state index contributed by atoms with van der Waals surface area (Å²) in [6.45, 7) is 0.274. The van der Waals surface area contributed by atoms with Crippen molar-refractivity contribution in [3.63, 3.8) is 0 Å². The van der Waals surface area contributed by atoms with Gasteiger partial charge in [-0.15, -0.1) is 0 Å². The molecule has 0 aliphatic heterocycles. The van der Waals surface area contributed by atoms with Gasteiger partial charge in [0, 0.05) is 6.07 Å². The van der Waals surface area contributed by atoms with Gasteiger partial charge in [0.15, 0.2) is 5.76 Å². The lowest BCUT2D eigenvalue weighted by atomic mass is 10.1. The van der Waals surface area contributed by atoms with Crippen LogP contribution >= 0.6 is 0 Å². The third-order valence-electron chi connectivity index (χ3n) is 2.31. The number of hydrogen-bond donors (Lipinski definition) is 3. The summed E-state index contributed by atoms with van der Waals surface area (Å²) in [5.41, 5.74) is 5.61. The van der Waals surface area contributed by atoms with E-state index in [1.807, 2.05) is 0 Å². The number of carboxylic acid groups (broad SMARTS) is 1. The highest BCUT2D eigenvalue weighted by Crippen LogP contribution is 2.23. The Morgan fingerprint density at radius 1 is 1.56 bits per heavy atom. The molecule has 0 amide bonds. The monoisotopic (exact) mass is 251 g/mol. The first-order chi connectivity index (χ1) is 8.58. The molecular weight excluding hydrogens is 241 g/mol. The SMILES string of the molecule is Nc1cc(C(=O)O)c(F)cc1NCc1ccno1. The molecule has 0 aliphatic rings. The Bertz CT molecular complexity index is 569. The molecule has 1 aromatic heterocycles. The summed E-state index contributed by atoms with van der Waals surface area (Å²) in [7, 11) is 0. The third-order valence-corrected chi connectivity index (χ3v) is 2.31. The Balaban J connectivity index is 2.19. The fourth-order valence-electron chi connectivity index (χ4n) is 1.42. The molecule has 18 heavy (non-hydrogen) atoms. The number of anilines is 2. The molecule has 94 valence electrons. The van der Waals surface area contributed by atoms with Crippen molar-refractivity contribution in [1.29, 1.82) is 0 Å². The molecule has 1 aromatic carbocycles. The van der Waals surface area contributed by atoms with E-state index < -0.39 is 17.3 Å². The number of aromatic carboxylic acids is 1. The number of rotatable bonds is 4. The number of hydrogen-bond acceptors (Lipinski definition) is 5. The molecule has 0 radical (unpaired) electrons. The maximum atomic E-state index is 13.4. The molecule has 0 atom stereocenters. The van der Waals surface area contributed by atoms with E-state index in [0.29, 0.717) is 11.4 Å². The van der Waals surface area contributed by atoms with Crippen molar-refractivity contribution in [1.82, 2.24) is 5.16 Å². The average Bonchev–Trinajstić information content (AvgIpc) is 2.82. The van der Waals surface area contributed by atoms with Gasteiger partial charge in [0.2, 0.25) is 0 Å². The number of nitrogen functional groups attached to an aromatic ring is 1. The van der Waals surface area contributed by atoms with Crippen LogP contribution in [0.5, 0.6) is 0 Å². The Morgan fingerprint density at radius 3 is 2.94 bits per heavy atom. The average molecular weight is 251 g/mol. The first-order valence-corrected chi connectivity index (χ1v) is 5.03. The van der Waals surface area contributed by atoms with Crippen molar-refractivity contribution in [2.24, 2.45) is 0 Å². The molecule has 0 bridgehead atoms. The van der Waals surface area contributed by atoms with E-state index in [9.17, 15) is 9.18 Å². The fraction of sp³-hybridized carbons (Fsp3) is 0.0909. The standard InChI is InChI=1S/C11H10FN3O3/c12-8-4-10(9(13)3-7(8)11(16)17)14-5-6-1-2-15-18-6/h1-4,14H,5,13H2,(H,16,17). The van der Waals surface area contributed by atoms with Crippen LogP contribution in [0.15, 0.2) is 28.9 Å². The van der Waals surface area contributed by atoms with Gasteiger partial charge in [-0.3, -0.25) is 0 Å². The van der Waals surface area contributed by atoms with Crippen LogP contribution in [-0.2, 0) is 6.54 Å². The molecular formula is C11H10FN3O3. The van der Waals surface area contributed by atoms with Gasteiger partial charge >= 0.3 is 5.97 Å². The maximum absolute atomic E-state index is 13.4. The van der Waals surface area contributed by atoms with Gasteiger partial charge in [0.25, 0.3) is 0 Å². The highest BCUT2D eigenvalue weighted by molar-refractivity contribution is 5.90. The smallest absolute Gasteiger partial charge is 0.338 e. The van der Waals surface area contributed by atoms with Gasteiger partial charge in [-0.25, -0.2) is 9.18 Å². The van der Waals surface area contributed by atoms with Crippen LogP contribution in [0.2, 0.25) is 0 Å². The molecule has 0 saturated carbocycles. The molecule has 4 N–H and O–H groups in total. The van der Waals surface area contributed by atoms with Crippen molar-refractivity contribution in [2.45, 2.75) is 6.54 Å². The summed E-state index contributed by atoms with van der Waals surface area (Å²) in [5.74, 6) is -1.66. The van der Waals surface area contributed by atoms with E-state index in [1.165, 1.54) is 6.20 Å². The van der Waals surface area contributed by atoms with Crippen molar-refractivity contribution in [3.8, 4) is 0 Å². The van der Waals surface area contributed by atoms with Crippen LogP contribution in [0.3, 0.4) is 0 Å². The zero-order chi connectivity index (χ0) is 13.1. The van der Waals surface area contributed by atoms with Crippen LogP contribution < -0.4 is 11.1 Å². The maximum Gasteiger partial charge on any atom is 0.338 e. The molecule has 0 saturated heterocycles. The second kappa shape index (κ2) is 4.74. The van der Waals surface area contributed by atoms with Crippen LogP contribution in [-0.4, -0.2) is 16.2 Å². The zero-order valence-corrected chi connectivity index (χ0v) is 9.18. The summed E-state index contributed by atoms with van der Waals surface area (Å²) >= 11 is 0. The minimum atomic E-state index is -1.36. The molecule has 7 heteroatoms. The van der Waals surface area contributed by atoms with E-state index in [-0.39, 0.29) is 12.2 Å². The number of nitrogens with one attached hydrogen (secondary N) is 1. The molecule has 0 fully saturated rings. The number of halogens is 1. The van der Waals surface area contributed by atoms with Gasteiger partial charge in [-0.1, -0.05) is 5.16 Å². The molecule has 2 rings (SSSR count). The Hall–Kier alpha value is -2.57. The van der Waals surface area contributed by atoms with Gasteiger partial charge in [-0.05, 0) is 12.1 Å². The first kappa shape index (κ1) is 11.9. The molecule has 1 heterocycles. The lowest BCUT2D eigenvalue weighted by Gasteiger charge is -2.09. The summed E-state index contributed by atoms with van der Waals surface area (Å²) < 4.78 is 18.3. The summed E-state index contributed by atoms with van der Waals surface area (Å²) in [6, 6.07) is 3.75. The first-order valence-electron chi connectivity index (χ1n) is 5.03. The third kappa shape index (κ3) is 2.40. The Kier molecular flexibility index (Phi) is 3.13. The Labute approximate surface area is 101 Å². The number of aromatic nitrogens is 1. The normalized spacial score (nSPS) is 10.3. The summed E-state index contributed by atoms with van der Waals surface area (Å²) in [6.07, 6.45) is 1.48. The molecule has 0 spiro atoms. The molecule has 6 nitrogen and oxygen atoms in total. The van der Waals surface area contributed by atoms with E-state index in [2.05, 4.69) is 10.5 Å². The predicted molar refractivity (Wildman–Crippen MR) is 61.6 cm³/mol. The second-order valence-corrected chi connectivity index (χ2v) is 3.56. The van der Waals surface area contributed by atoms with Crippen LogP contribution in [0.25, 0.3) is 0 Å². The van der Waals surface area contributed by atoms with E-state index in [0.717, 1.165) is 12.1 Å². The van der Waals surface area contributed by atoms with Gasteiger partial charge in [-0.2, -0.15) is 0 Å². The molecule has 0 aliphatic carbocycles. The number of benzene rings is 1. The highest BCUT2D eigenvalue weighted by Gasteiger charge is 2.13. The van der Waals surface area contributed by atoms with Crippen LogP contribution in [0, 0.1) is 5.82 Å². The van der Waals surface area contributed by atoms with Gasteiger partial charge < -0.3 is 20.7 Å². The van der Waals surface area contributed by atoms with E-state index in [4.69, 9.17) is 15.4 Å². The summed E-state index contributed by atoms with van der Waals surface area (Å²) in [5, 5.41) is 15.1. The molecule has 0 unspecified atom stereocenters. The zero-order valence-electron chi connectivity index (χ0n) is 9.18. The number of nitrogens with two attached hydrogens (primary N) is 1. The number of carboxylic acids is 1. The van der Waals surface area contributed by atoms with Crippen LogP contribution in [0.1, 0.15) is 16.1 Å². The molecule has 2 aromatic rings. The predicted octanol–water partition coefficient (Wildman–Crippen LogP) is 1.71. The fourth-order valence-corrected chi connectivity index (χ4v) is 1.42. The largest absolute Gasteiger partial charge is 0.478 e. The van der Waals surface area contributed by atoms with Gasteiger partial charge in [0.05, 0.1) is 29.7 Å². The number of nitrogens with zero attached hydrogens (tertiary/aromatic N) is 1. The second-order valence-electron chi connectivity index (χ2n) is 3.56. The van der Waals surface area contributed by atoms with E-state index >= 15 is 0 Å². The topological polar surface area (TPSA) is 101 Å². The number of carbonyl (C=O) groups is 1. The summed E-state index contributed by atoms with van der Waals surface area (Å²) in [4.78, 5) is 10.7. The Morgan fingerprint density at radius 2 is 2.33 bits per heavy atom. The van der Waals surface area contributed by atoms with Crippen LogP contribution in [0.4, 0.5) is 15.8 Å². The lowest BCUT2D eigenvalue weighted by Crippen LogP contribution is -2.07. The van der Waals surface area contributed by atoms with Gasteiger partial charge in [0.1, 0.15) is 5.82 Å². The highest BCUT2D eigenvalue weighted by atomic mass is 19.1. The quantitative estimate of drug-likeness (QED) is 0.715. The van der Waals surface area contributed by atoms with Crippen molar-refractivity contribution in [3.05, 3.63) is 41.5 Å². The minimum Gasteiger partial charge on any atom is -0.478 e.